The zero-order chi connectivity index (χ0) is 26.4. The molecule has 2 rings (SSSR count). The minimum Gasteiger partial charge on any atom is -0.426 e. The smallest absolute Gasteiger partial charge is 0.316 e. The van der Waals surface area contributed by atoms with Crippen molar-refractivity contribution in [1.82, 2.24) is 0 Å². The number of benzene rings is 2. The molecule has 2 aromatic carbocycles. The topological polar surface area (TPSA) is 72.8 Å². The van der Waals surface area contributed by atoms with Crippen LogP contribution < -0.4 is 9.47 Å². The molecule has 0 spiro atoms. The van der Waals surface area contributed by atoms with Crippen molar-refractivity contribution in [1.29, 1.82) is 0 Å². The predicted octanol–water partition coefficient (Wildman–Crippen LogP) is 7.51. The van der Waals surface area contributed by atoms with Crippen molar-refractivity contribution in [3.63, 3.8) is 0 Å². The molecule has 0 aromatic heterocycles. The first-order chi connectivity index (χ1) is 17.1. The number of aliphatic hydroxyl groups is 1. The zero-order valence-corrected chi connectivity index (χ0v) is 22.5. The lowest BCUT2D eigenvalue weighted by Crippen LogP contribution is -2.29. The molecule has 0 aliphatic carbocycles. The van der Waals surface area contributed by atoms with Crippen LogP contribution in [-0.2, 0) is 9.59 Å². The second-order valence-corrected chi connectivity index (χ2v) is 11.0. The first-order valence-electron chi connectivity index (χ1n) is 13.3. The molecule has 36 heavy (non-hydrogen) atoms. The number of hydrogen-bond donors (Lipinski definition) is 1. The number of aliphatic hydroxyl groups excluding tert-OH is 1. The highest BCUT2D eigenvalue weighted by Gasteiger charge is 2.30. The fraction of sp³-hybridized carbons (Fsp3) is 0.548. The summed E-state index contributed by atoms with van der Waals surface area (Å²) in [5.74, 6) is 0.749. The maximum absolute atomic E-state index is 12.5. The van der Waals surface area contributed by atoms with Crippen LogP contribution in [0.3, 0.4) is 0 Å². The third-order valence-electron chi connectivity index (χ3n) is 6.69. The minimum absolute atomic E-state index is 0.203. The number of carbonyl (C=O) groups excluding carboxylic acids is 2. The normalized spacial score (nSPS) is 11.9. The van der Waals surface area contributed by atoms with Gasteiger partial charge in [-0.2, -0.15) is 0 Å². The van der Waals surface area contributed by atoms with Crippen LogP contribution in [0.5, 0.6) is 11.5 Å². The SMILES string of the molecule is CC(C)(CCCCCC(O)CCCCCC(C)(C)C(=O)Oc1ccccc1)C(=O)Oc1ccccc1. The summed E-state index contributed by atoms with van der Waals surface area (Å²) in [6.07, 6.45) is 8.51. The Bertz CT molecular complexity index is 830. The van der Waals surface area contributed by atoms with E-state index in [0.717, 1.165) is 64.2 Å². The molecule has 0 unspecified atom stereocenters. The maximum Gasteiger partial charge on any atom is 0.316 e. The van der Waals surface area contributed by atoms with E-state index in [1.54, 1.807) is 24.3 Å². The average Bonchev–Trinajstić information content (AvgIpc) is 2.84. The van der Waals surface area contributed by atoms with Gasteiger partial charge < -0.3 is 14.6 Å². The van der Waals surface area contributed by atoms with E-state index in [1.807, 2.05) is 64.1 Å². The first-order valence-corrected chi connectivity index (χ1v) is 13.3. The van der Waals surface area contributed by atoms with E-state index in [9.17, 15) is 14.7 Å². The average molecular weight is 497 g/mol. The third kappa shape index (κ3) is 10.9. The number of para-hydroxylation sites is 2. The molecule has 0 fully saturated rings. The van der Waals surface area contributed by atoms with Gasteiger partial charge in [-0.15, -0.1) is 0 Å². The molecular weight excluding hydrogens is 452 g/mol. The zero-order valence-electron chi connectivity index (χ0n) is 22.5. The Morgan fingerprint density at radius 2 is 1.00 bits per heavy atom. The summed E-state index contributed by atoms with van der Waals surface area (Å²) in [5, 5.41) is 10.3. The van der Waals surface area contributed by atoms with Gasteiger partial charge >= 0.3 is 11.9 Å². The molecular formula is C31H44O5. The molecule has 5 heteroatoms. The van der Waals surface area contributed by atoms with Gasteiger partial charge in [0.05, 0.1) is 16.9 Å². The molecule has 2 aromatic rings. The van der Waals surface area contributed by atoms with Crippen LogP contribution in [0.2, 0.25) is 0 Å². The molecule has 0 radical (unpaired) electrons. The molecule has 0 saturated heterocycles. The molecule has 0 heterocycles. The van der Waals surface area contributed by atoms with Gasteiger partial charge in [-0.1, -0.05) is 74.9 Å². The van der Waals surface area contributed by atoms with Crippen molar-refractivity contribution in [3.05, 3.63) is 60.7 Å². The van der Waals surface area contributed by atoms with E-state index in [4.69, 9.17) is 9.47 Å². The number of rotatable bonds is 16. The summed E-state index contributed by atoms with van der Waals surface area (Å²) in [7, 11) is 0. The fourth-order valence-corrected chi connectivity index (χ4v) is 4.06. The maximum atomic E-state index is 12.5. The van der Waals surface area contributed by atoms with Crippen molar-refractivity contribution in [2.75, 3.05) is 0 Å². The number of ether oxygens (including phenoxy) is 2. The van der Waals surface area contributed by atoms with E-state index < -0.39 is 10.8 Å². The molecule has 0 aliphatic rings. The van der Waals surface area contributed by atoms with Crippen molar-refractivity contribution in [3.8, 4) is 11.5 Å². The number of unbranched alkanes of at least 4 members (excludes halogenated alkanes) is 4. The number of carbonyl (C=O) groups is 2. The van der Waals surface area contributed by atoms with Crippen molar-refractivity contribution in [2.24, 2.45) is 10.8 Å². The van der Waals surface area contributed by atoms with Crippen LogP contribution in [0, 0.1) is 10.8 Å². The summed E-state index contributed by atoms with van der Waals surface area (Å²) in [4.78, 5) is 24.9. The lowest BCUT2D eigenvalue weighted by molar-refractivity contribution is -0.145. The minimum atomic E-state index is -0.532. The monoisotopic (exact) mass is 496 g/mol. The molecule has 198 valence electrons. The lowest BCUT2D eigenvalue weighted by Gasteiger charge is -2.22. The number of hydrogen-bond acceptors (Lipinski definition) is 5. The summed E-state index contributed by atoms with van der Waals surface area (Å²) < 4.78 is 11.0. The Balaban J connectivity index is 1.53. The third-order valence-corrected chi connectivity index (χ3v) is 6.69. The molecule has 0 amide bonds. The van der Waals surface area contributed by atoms with Gasteiger partial charge in [-0.25, -0.2) is 0 Å². The second-order valence-electron chi connectivity index (χ2n) is 11.0. The van der Waals surface area contributed by atoms with Gasteiger partial charge in [0.25, 0.3) is 0 Å². The molecule has 0 saturated carbocycles. The van der Waals surface area contributed by atoms with Crippen LogP contribution in [0.25, 0.3) is 0 Å². The van der Waals surface area contributed by atoms with Gasteiger partial charge in [0, 0.05) is 0 Å². The quantitative estimate of drug-likeness (QED) is 0.148. The fourth-order valence-electron chi connectivity index (χ4n) is 4.06. The molecule has 1 N–H and O–H groups in total. The van der Waals surface area contributed by atoms with Crippen LogP contribution in [-0.4, -0.2) is 23.1 Å². The van der Waals surface area contributed by atoms with Crippen LogP contribution in [0.4, 0.5) is 0 Å². The van der Waals surface area contributed by atoms with Gasteiger partial charge in [-0.05, 0) is 77.6 Å². The summed E-state index contributed by atoms with van der Waals surface area (Å²) in [6, 6.07) is 18.3. The Morgan fingerprint density at radius 3 is 1.36 bits per heavy atom. The largest absolute Gasteiger partial charge is 0.426 e. The van der Waals surface area contributed by atoms with E-state index >= 15 is 0 Å². The van der Waals surface area contributed by atoms with Gasteiger partial charge in [0.1, 0.15) is 11.5 Å². The summed E-state index contributed by atoms with van der Waals surface area (Å²) in [6.45, 7) is 7.71. The van der Waals surface area contributed by atoms with Crippen LogP contribution in [0.15, 0.2) is 60.7 Å². The highest BCUT2D eigenvalue weighted by molar-refractivity contribution is 5.78. The summed E-state index contributed by atoms with van der Waals surface area (Å²) in [5.41, 5.74) is -1.06. The molecule has 0 aliphatic heterocycles. The standard InChI is InChI=1S/C31H44O5/c1-30(2,28(33)35-26-19-11-5-12-20-26)23-15-7-9-17-25(32)18-10-8-16-24-31(3,4)29(34)36-27-21-13-6-14-22-27/h5-6,11-14,19-22,25,32H,7-10,15-18,23-24H2,1-4H3. The van der Waals surface area contributed by atoms with Crippen molar-refractivity contribution < 1.29 is 24.2 Å². The lowest BCUT2D eigenvalue weighted by atomic mass is 9.86. The van der Waals surface area contributed by atoms with Crippen LogP contribution in [0.1, 0.15) is 91.9 Å². The highest BCUT2D eigenvalue weighted by Crippen LogP contribution is 2.28. The van der Waals surface area contributed by atoms with E-state index in [2.05, 4.69) is 0 Å². The van der Waals surface area contributed by atoms with E-state index in [1.165, 1.54) is 0 Å². The summed E-state index contributed by atoms with van der Waals surface area (Å²) >= 11 is 0. The Hall–Kier alpha value is -2.66. The van der Waals surface area contributed by atoms with Crippen molar-refractivity contribution >= 4 is 11.9 Å². The predicted molar refractivity (Wildman–Crippen MR) is 144 cm³/mol. The molecule has 0 atom stereocenters. The van der Waals surface area contributed by atoms with Crippen LogP contribution >= 0.6 is 0 Å². The van der Waals surface area contributed by atoms with Crippen molar-refractivity contribution in [2.45, 2.75) is 98.0 Å². The Morgan fingerprint density at radius 1 is 0.639 bits per heavy atom. The second kappa shape index (κ2) is 14.8. The molecule has 5 nitrogen and oxygen atoms in total. The van der Waals surface area contributed by atoms with E-state index in [0.29, 0.717) is 11.5 Å². The van der Waals surface area contributed by atoms with Gasteiger partial charge in [0.2, 0.25) is 0 Å². The van der Waals surface area contributed by atoms with Gasteiger partial charge in [0.15, 0.2) is 0 Å². The first kappa shape index (κ1) is 29.6. The number of esters is 2. The Kier molecular flexibility index (Phi) is 12.1. The highest BCUT2D eigenvalue weighted by atomic mass is 16.5. The molecule has 0 bridgehead atoms. The van der Waals surface area contributed by atoms with Gasteiger partial charge in [-0.3, -0.25) is 9.59 Å². The Labute approximate surface area is 217 Å². The van der Waals surface area contributed by atoms with E-state index in [-0.39, 0.29) is 18.0 Å².